The number of thioether (sulfide) groups is 1. The number of amides is 2. The van der Waals surface area contributed by atoms with E-state index in [2.05, 4.69) is 12.2 Å². The van der Waals surface area contributed by atoms with Gasteiger partial charge >= 0.3 is 0 Å². The van der Waals surface area contributed by atoms with E-state index in [0.717, 1.165) is 29.7 Å². The van der Waals surface area contributed by atoms with Gasteiger partial charge in [0.2, 0.25) is 11.8 Å². The van der Waals surface area contributed by atoms with E-state index in [9.17, 15) is 9.59 Å². The number of unbranched alkanes of at least 4 members (excludes halogenated alkanes) is 1. The number of hydrogen-bond acceptors (Lipinski definition) is 4. The van der Waals surface area contributed by atoms with Crippen molar-refractivity contribution in [2.24, 2.45) is 0 Å². The fourth-order valence-electron chi connectivity index (χ4n) is 2.97. The lowest BCUT2D eigenvalue weighted by molar-refractivity contribution is -0.138. The minimum Gasteiger partial charge on any atom is -0.497 e. The molecule has 0 aromatic heterocycles. The van der Waals surface area contributed by atoms with Gasteiger partial charge in [-0.2, -0.15) is 0 Å². The van der Waals surface area contributed by atoms with Crippen molar-refractivity contribution in [3.63, 3.8) is 0 Å². The summed E-state index contributed by atoms with van der Waals surface area (Å²) in [6.45, 7) is 4.84. The fourth-order valence-corrected chi connectivity index (χ4v) is 3.96. The molecule has 5 nitrogen and oxygen atoms in total. The zero-order valence-electron chi connectivity index (χ0n) is 18.4. The molecule has 7 heteroatoms. The molecule has 0 heterocycles. The predicted molar refractivity (Wildman–Crippen MR) is 129 cm³/mol. The lowest BCUT2D eigenvalue weighted by Crippen LogP contribution is -2.48. The van der Waals surface area contributed by atoms with Crippen LogP contribution in [0.1, 0.15) is 37.8 Å². The molecule has 2 aromatic rings. The van der Waals surface area contributed by atoms with E-state index in [4.69, 9.17) is 16.3 Å². The highest BCUT2D eigenvalue weighted by Gasteiger charge is 2.25. The van der Waals surface area contributed by atoms with Gasteiger partial charge in [-0.1, -0.05) is 49.2 Å². The van der Waals surface area contributed by atoms with Crippen LogP contribution in [-0.4, -0.2) is 42.2 Å². The SMILES string of the molecule is CCCCNC(=O)C(C)N(Cc1ccc(Cl)cc1)C(=O)CSCc1ccc(OC)cc1. The van der Waals surface area contributed by atoms with Crippen LogP contribution < -0.4 is 10.1 Å². The molecule has 0 saturated carbocycles. The van der Waals surface area contributed by atoms with Gasteiger partial charge in [0.05, 0.1) is 12.9 Å². The van der Waals surface area contributed by atoms with Crippen molar-refractivity contribution in [2.45, 2.75) is 45.0 Å². The molecule has 2 rings (SSSR count). The molecule has 168 valence electrons. The topological polar surface area (TPSA) is 58.6 Å². The summed E-state index contributed by atoms with van der Waals surface area (Å²) in [4.78, 5) is 27.3. The quantitative estimate of drug-likeness (QED) is 0.455. The maximum Gasteiger partial charge on any atom is 0.242 e. The molecular formula is C24H31ClN2O3S. The first kappa shape index (κ1) is 25.1. The molecule has 0 aliphatic heterocycles. The summed E-state index contributed by atoms with van der Waals surface area (Å²) >= 11 is 7.52. The number of benzene rings is 2. The maximum absolute atomic E-state index is 13.1. The second-order valence-electron chi connectivity index (χ2n) is 7.31. The minimum atomic E-state index is -0.554. The molecule has 0 aliphatic rings. The van der Waals surface area contributed by atoms with Gasteiger partial charge in [0.1, 0.15) is 11.8 Å². The van der Waals surface area contributed by atoms with Crippen molar-refractivity contribution in [1.29, 1.82) is 0 Å². The van der Waals surface area contributed by atoms with Crippen LogP contribution in [0.25, 0.3) is 0 Å². The van der Waals surface area contributed by atoms with Crippen LogP contribution in [0, 0.1) is 0 Å². The average Bonchev–Trinajstić information content (AvgIpc) is 2.78. The maximum atomic E-state index is 13.1. The van der Waals surface area contributed by atoms with Crippen LogP contribution in [0.15, 0.2) is 48.5 Å². The highest BCUT2D eigenvalue weighted by molar-refractivity contribution is 7.99. The first-order chi connectivity index (χ1) is 14.9. The van der Waals surface area contributed by atoms with Crippen molar-refractivity contribution in [3.8, 4) is 5.75 Å². The molecule has 0 radical (unpaired) electrons. The van der Waals surface area contributed by atoms with Gasteiger partial charge in [-0.3, -0.25) is 9.59 Å². The summed E-state index contributed by atoms with van der Waals surface area (Å²) < 4.78 is 5.18. The van der Waals surface area contributed by atoms with Crippen molar-refractivity contribution >= 4 is 35.2 Å². The third-order valence-electron chi connectivity index (χ3n) is 4.92. The monoisotopic (exact) mass is 462 g/mol. The number of ether oxygens (including phenoxy) is 1. The minimum absolute atomic E-state index is 0.0633. The van der Waals surface area contributed by atoms with E-state index in [-0.39, 0.29) is 11.8 Å². The Balaban J connectivity index is 2.01. The number of halogens is 1. The second-order valence-corrected chi connectivity index (χ2v) is 8.73. The lowest BCUT2D eigenvalue weighted by atomic mass is 10.1. The number of methoxy groups -OCH3 is 1. The van der Waals surface area contributed by atoms with E-state index < -0.39 is 6.04 Å². The third-order valence-corrected chi connectivity index (χ3v) is 6.16. The van der Waals surface area contributed by atoms with Crippen LogP contribution in [0.2, 0.25) is 5.02 Å². The number of carbonyl (C=O) groups is 2. The Hall–Kier alpha value is -2.18. The number of nitrogens with one attached hydrogen (secondary N) is 1. The van der Waals surface area contributed by atoms with Gasteiger partial charge < -0.3 is 15.0 Å². The normalized spacial score (nSPS) is 11.6. The van der Waals surface area contributed by atoms with Gasteiger partial charge in [-0.25, -0.2) is 0 Å². The van der Waals surface area contributed by atoms with Crippen molar-refractivity contribution < 1.29 is 14.3 Å². The summed E-state index contributed by atoms with van der Waals surface area (Å²) in [6, 6.07) is 14.6. The van der Waals surface area contributed by atoms with Crippen molar-refractivity contribution in [3.05, 3.63) is 64.7 Å². The molecule has 1 atom stereocenters. The highest BCUT2D eigenvalue weighted by Crippen LogP contribution is 2.19. The molecule has 31 heavy (non-hydrogen) atoms. The predicted octanol–water partition coefficient (Wildman–Crippen LogP) is 4.92. The van der Waals surface area contributed by atoms with Gasteiger partial charge in [0.15, 0.2) is 0 Å². The second kappa shape index (κ2) is 13.3. The van der Waals surface area contributed by atoms with E-state index >= 15 is 0 Å². The molecule has 2 amide bonds. The first-order valence-corrected chi connectivity index (χ1v) is 12.0. The van der Waals surface area contributed by atoms with Crippen LogP contribution in [0.5, 0.6) is 5.75 Å². The zero-order valence-corrected chi connectivity index (χ0v) is 20.0. The molecule has 0 spiro atoms. The number of carbonyl (C=O) groups excluding carboxylic acids is 2. The number of rotatable bonds is 12. The summed E-state index contributed by atoms with van der Waals surface area (Å²) in [5, 5.41) is 3.57. The standard InChI is InChI=1S/C24H31ClN2O3S/c1-4-5-14-26-24(29)18(2)27(15-19-6-10-21(25)11-7-19)23(28)17-31-16-20-8-12-22(30-3)13-9-20/h6-13,18H,4-5,14-17H2,1-3H3,(H,26,29). The van der Waals surface area contributed by atoms with Crippen molar-refractivity contribution in [2.75, 3.05) is 19.4 Å². The van der Waals surface area contributed by atoms with Crippen molar-refractivity contribution in [1.82, 2.24) is 10.2 Å². The van der Waals surface area contributed by atoms with Gasteiger partial charge in [-0.15, -0.1) is 11.8 Å². The number of hydrogen-bond donors (Lipinski definition) is 1. The largest absolute Gasteiger partial charge is 0.497 e. The third kappa shape index (κ3) is 8.46. The zero-order chi connectivity index (χ0) is 22.6. The molecular weight excluding hydrogens is 432 g/mol. The molecule has 0 bridgehead atoms. The smallest absolute Gasteiger partial charge is 0.242 e. The lowest BCUT2D eigenvalue weighted by Gasteiger charge is -2.29. The summed E-state index contributed by atoms with van der Waals surface area (Å²) in [5.74, 6) is 1.62. The molecule has 0 aliphatic carbocycles. The first-order valence-electron chi connectivity index (χ1n) is 10.5. The average molecular weight is 463 g/mol. The Labute approximate surface area is 194 Å². The van der Waals surface area contributed by atoms with E-state index in [1.807, 2.05) is 36.4 Å². The Morgan fingerprint density at radius 3 is 2.35 bits per heavy atom. The Morgan fingerprint density at radius 2 is 1.74 bits per heavy atom. The Kier molecular flexibility index (Phi) is 10.7. The van der Waals surface area contributed by atoms with E-state index in [1.165, 1.54) is 11.8 Å². The molecule has 0 saturated heterocycles. The molecule has 1 unspecified atom stereocenters. The van der Waals surface area contributed by atoms with Crippen LogP contribution >= 0.6 is 23.4 Å². The summed E-state index contributed by atoms with van der Waals surface area (Å²) in [5.41, 5.74) is 2.05. The number of nitrogens with zero attached hydrogens (tertiary/aromatic N) is 1. The van der Waals surface area contributed by atoms with Gasteiger partial charge in [0.25, 0.3) is 0 Å². The van der Waals surface area contributed by atoms with Crippen LogP contribution in [-0.2, 0) is 21.9 Å². The van der Waals surface area contributed by atoms with Gasteiger partial charge in [0, 0.05) is 23.9 Å². The summed E-state index contributed by atoms with van der Waals surface area (Å²) in [7, 11) is 1.64. The molecule has 0 fully saturated rings. The highest BCUT2D eigenvalue weighted by atomic mass is 35.5. The molecule has 2 aromatic carbocycles. The summed E-state index contributed by atoms with van der Waals surface area (Å²) in [6.07, 6.45) is 1.92. The Morgan fingerprint density at radius 1 is 1.10 bits per heavy atom. The Bertz CT molecular complexity index is 828. The van der Waals surface area contributed by atoms with E-state index in [1.54, 1.807) is 31.1 Å². The van der Waals surface area contributed by atoms with E-state index in [0.29, 0.717) is 29.6 Å². The fraction of sp³-hybridized carbons (Fsp3) is 0.417. The van der Waals surface area contributed by atoms with Crippen LogP contribution in [0.4, 0.5) is 0 Å². The van der Waals surface area contributed by atoms with Crippen LogP contribution in [0.3, 0.4) is 0 Å². The van der Waals surface area contributed by atoms with Gasteiger partial charge in [-0.05, 0) is 48.7 Å². The molecule has 1 N–H and O–H groups in total.